The number of aliphatic carboxylic acids is 1. The van der Waals surface area contributed by atoms with Crippen LogP contribution in [0.25, 0.3) is 0 Å². The lowest BCUT2D eigenvalue weighted by molar-refractivity contribution is -0.142. The second-order valence-corrected chi connectivity index (χ2v) is 6.09. The Kier molecular flexibility index (Phi) is 4.20. The summed E-state index contributed by atoms with van der Waals surface area (Å²) in [6.07, 6.45) is 2.41. The van der Waals surface area contributed by atoms with E-state index < -0.39 is 11.9 Å². The molecule has 6 heteroatoms. The number of aromatic nitrogens is 1. The van der Waals surface area contributed by atoms with Crippen molar-refractivity contribution in [3.8, 4) is 0 Å². The molecular weight excluding hydrogens is 300 g/mol. The van der Waals surface area contributed by atoms with Gasteiger partial charge in [-0.2, -0.15) is 11.3 Å². The van der Waals surface area contributed by atoms with Crippen LogP contribution in [0.2, 0.25) is 0 Å². The van der Waals surface area contributed by atoms with Gasteiger partial charge in [0, 0.05) is 31.3 Å². The van der Waals surface area contributed by atoms with Crippen LogP contribution in [0.3, 0.4) is 0 Å². The summed E-state index contributed by atoms with van der Waals surface area (Å²) in [7, 11) is 0. The molecule has 1 aliphatic rings. The van der Waals surface area contributed by atoms with Crippen molar-refractivity contribution in [2.75, 3.05) is 6.54 Å². The lowest BCUT2D eigenvalue weighted by atomic mass is 9.95. The minimum atomic E-state index is -0.912. The topological polar surface area (TPSA) is 70.5 Å². The smallest absolute Gasteiger partial charge is 0.309 e. The van der Waals surface area contributed by atoms with E-state index in [0.29, 0.717) is 13.0 Å². The molecule has 0 aliphatic carbocycles. The molecule has 2 atom stereocenters. The van der Waals surface area contributed by atoms with Crippen LogP contribution in [0.15, 0.2) is 41.2 Å². The number of pyridine rings is 1. The van der Waals surface area contributed by atoms with Gasteiger partial charge in [-0.3, -0.25) is 14.6 Å². The van der Waals surface area contributed by atoms with Crippen LogP contribution in [0, 0.1) is 5.92 Å². The van der Waals surface area contributed by atoms with Crippen LogP contribution >= 0.6 is 11.3 Å². The molecule has 1 saturated heterocycles. The predicted molar refractivity (Wildman–Crippen MR) is 82.5 cm³/mol. The molecule has 0 aromatic carbocycles. The zero-order chi connectivity index (χ0) is 15.5. The van der Waals surface area contributed by atoms with Crippen LogP contribution < -0.4 is 0 Å². The molecule has 22 heavy (non-hydrogen) atoms. The third-order valence-corrected chi connectivity index (χ3v) is 4.67. The van der Waals surface area contributed by atoms with Crippen molar-refractivity contribution in [1.29, 1.82) is 0 Å². The van der Waals surface area contributed by atoms with Gasteiger partial charge in [-0.1, -0.05) is 6.07 Å². The summed E-state index contributed by atoms with van der Waals surface area (Å²) in [5.74, 6) is -1.68. The number of rotatable bonds is 5. The van der Waals surface area contributed by atoms with Gasteiger partial charge >= 0.3 is 5.97 Å². The van der Waals surface area contributed by atoms with E-state index in [9.17, 15) is 14.7 Å². The number of carboxylic acid groups (broad SMARTS) is 1. The highest BCUT2D eigenvalue weighted by Gasteiger charge is 2.44. The number of likely N-dealkylation sites (tertiary alicyclic amines) is 1. The normalized spacial score (nSPS) is 21.3. The van der Waals surface area contributed by atoms with Gasteiger partial charge in [0.1, 0.15) is 0 Å². The Hall–Kier alpha value is -2.21. The second-order valence-electron chi connectivity index (χ2n) is 5.31. The molecule has 0 spiro atoms. The highest BCUT2D eigenvalue weighted by atomic mass is 32.1. The average Bonchev–Trinajstić information content (AvgIpc) is 3.13. The molecular formula is C16H16N2O3S. The quantitative estimate of drug-likeness (QED) is 0.919. The molecule has 0 radical (unpaired) electrons. The number of thiophene rings is 1. The first-order chi connectivity index (χ1) is 10.7. The number of hydrogen-bond acceptors (Lipinski definition) is 4. The molecule has 3 rings (SSSR count). The fourth-order valence-corrected chi connectivity index (χ4v) is 3.60. The van der Waals surface area contributed by atoms with Gasteiger partial charge in [-0.25, -0.2) is 0 Å². The molecule has 2 aromatic heterocycles. The Bertz CT molecular complexity index is 657. The average molecular weight is 316 g/mol. The molecule has 1 fully saturated rings. The van der Waals surface area contributed by atoms with Crippen molar-refractivity contribution in [2.45, 2.75) is 18.9 Å². The monoisotopic (exact) mass is 316 g/mol. The highest BCUT2D eigenvalue weighted by Crippen LogP contribution is 2.39. The lowest BCUT2D eigenvalue weighted by Gasteiger charge is -2.26. The number of carbonyl (C=O) groups excluding carboxylic acids is 1. The number of hydrogen-bond donors (Lipinski definition) is 1. The van der Waals surface area contributed by atoms with Crippen LogP contribution in [0.1, 0.15) is 23.7 Å². The van der Waals surface area contributed by atoms with Gasteiger partial charge in [-0.05, 0) is 34.5 Å². The zero-order valence-electron chi connectivity index (χ0n) is 11.9. The van der Waals surface area contributed by atoms with Crippen LogP contribution in [0.5, 0.6) is 0 Å². The van der Waals surface area contributed by atoms with Crippen LogP contribution in [-0.4, -0.2) is 33.4 Å². The van der Waals surface area contributed by atoms with E-state index in [2.05, 4.69) is 4.98 Å². The highest BCUT2D eigenvalue weighted by molar-refractivity contribution is 7.08. The van der Waals surface area contributed by atoms with Gasteiger partial charge in [-0.15, -0.1) is 0 Å². The molecule has 2 unspecified atom stereocenters. The van der Waals surface area contributed by atoms with E-state index in [0.717, 1.165) is 11.3 Å². The number of amides is 1. The van der Waals surface area contributed by atoms with Crippen molar-refractivity contribution < 1.29 is 14.7 Å². The van der Waals surface area contributed by atoms with Crippen LogP contribution in [-0.2, 0) is 16.0 Å². The first-order valence-electron chi connectivity index (χ1n) is 7.11. The minimum absolute atomic E-state index is 0.0675. The molecule has 1 amide bonds. The molecule has 5 nitrogen and oxygen atoms in total. The summed E-state index contributed by atoms with van der Waals surface area (Å²) in [6, 6.07) is 7.19. The van der Waals surface area contributed by atoms with E-state index in [1.165, 1.54) is 11.3 Å². The largest absolute Gasteiger partial charge is 0.481 e. The Labute approximate surface area is 132 Å². The Balaban J connectivity index is 1.81. The molecule has 3 heterocycles. The molecule has 114 valence electrons. The van der Waals surface area contributed by atoms with E-state index in [4.69, 9.17) is 0 Å². The third-order valence-electron chi connectivity index (χ3n) is 3.97. The van der Waals surface area contributed by atoms with Crippen molar-refractivity contribution in [3.05, 3.63) is 52.5 Å². The van der Waals surface area contributed by atoms with E-state index in [1.54, 1.807) is 11.1 Å². The Morgan fingerprint density at radius 3 is 2.91 bits per heavy atom. The second kappa shape index (κ2) is 6.27. The van der Waals surface area contributed by atoms with E-state index >= 15 is 0 Å². The van der Waals surface area contributed by atoms with E-state index in [-0.39, 0.29) is 18.4 Å². The molecule has 1 N–H and O–H groups in total. The standard InChI is InChI=1S/C16H16N2O3S/c19-14-9-13(16(20)21)15(11-5-8-22-10-11)18(14)7-4-12-3-1-2-6-17-12/h1-3,5-6,8,10,13,15H,4,7,9H2,(H,20,21). The number of carboxylic acids is 1. The van der Waals surface area contributed by atoms with Gasteiger partial charge in [0.15, 0.2) is 0 Å². The number of nitrogens with zero attached hydrogens (tertiary/aromatic N) is 2. The zero-order valence-corrected chi connectivity index (χ0v) is 12.7. The van der Waals surface area contributed by atoms with Crippen LogP contribution in [0.4, 0.5) is 0 Å². The molecule has 0 bridgehead atoms. The summed E-state index contributed by atoms with van der Waals surface area (Å²) < 4.78 is 0. The summed E-state index contributed by atoms with van der Waals surface area (Å²) >= 11 is 1.51. The molecule has 1 aliphatic heterocycles. The SMILES string of the molecule is O=C(O)C1CC(=O)N(CCc2ccccn2)C1c1ccsc1. The summed E-state index contributed by atoms with van der Waals surface area (Å²) in [5, 5.41) is 13.2. The molecule has 0 saturated carbocycles. The summed E-state index contributed by atoms with van der Waals surface area (Å²) in [4.78, 5) is 29.7. The van der Waals surface area contributed by atoms with Crippen molar-refractivity contribution in [2.24, 2.45) is 5.92 Å². The van der Waals surface area contributed by atoms with Gasteiger partial charge < -0.3 is 10.0 Å². The Morgan fingerprint density at radius 1 is 1.41 bits per heavy atom. The fraction of sp³-hybridized carbons (Fsp3) is 0.312. The minimum Gasteiger partial charge on any atom is -0.481 e. The van der Waals surface area contributed by atoms with Gasteiger partial charge in [0.2, 0.25) is 5.91 Å². The third kappa shape index (κ3) is 2.87. The number of carbonyl (C=O) groups is 2. The predicted octanol–water partition coefficient (Wildman–Crippen LogP) is 2.36. The van der Waals surface area contributed by atoms with Crippen molar-refractivity contribution in [1.82, 2.24) is 9.88 Å². The fourth-order valence-electron chi connectivity index (χ4n) is 2.91. The summed E-state index contributed by atoms with van der Waals surface area (Å²) in [6.45, 7) is 0.486. The van der Waals surface area contributed by atoms with E-state index in [1.807, 2.05) is 35.0 Å². The maximum absolute atomic E-state index is 12.3. The lowest BCUT2D eigenvalue weighted by Crippen LogP contribution is -2.32. The maximum atomic E-state index is 12.3. The van der Waals surface area contributed by atoms with Crippen molar-refractivity contribution in [3.63, 3.8) is 0 Å². The van der Waals surface area contributed by atoms with Gasteiger partial charge in [0.25, 0.3) is 0 Å². The first kappa shape index (κ1) is 14.7. The molecule has 2 aromatic rings. The summed E-state index contributed by atoms with van der Waals surface area (Å²) in [5.41, 5.74) is 1.81. The van der Waals surface area contributed by atoms with Crippen molar-refractivity contribution >= 4 is 23.2 Å². The maximum Gasteiger partial charge on any atom is 0.309 e. The van der Waals surface area contributed by atoms with Gasteiger partial charge in [0.05, 0.1) is 12.0 Å². The Morgan fingerprint density at radius 2 is 2.27 bits per heavy atom. The first-order valence-corrected chi connectivity index (χ1v) is 8.05.